The van der Waals surface area contributed by atoms with E-state index in [0.29, 0.717) is 6.54 Å². The van der Waals surface area contributed by atoms with Crippen molar-refractivity contribution in [3.8, 4) is 0 Å². The van der Waals surface area contributed by atoms with Crippen molar-refractivity contribution in [2.45, 2.75) is 45.1 Å². The number of nitrogens with one attached hydrogen (secondary N) is 2. The van der Waals surface area contributed by atoms with Gasteiger partial charge in [0.1, 0.15) is 6.10 Å². The summed E-state index contributed by atoms with van der Waals surface area (Å²) in [5.41, 5.74) is 1.98. The van der Waals surface area contributed by atoms with Crippen molar-refractivity contribution >= 4 is 0 Å². The zero-order valence-electron chi connectivity index (χ0n) is 12.3. The molecule has 0 radical (unpaired) electrons. The van der Waals surface area contributed by atoms with E-state index in [0.717, 1.165) is 17.7 Å². The predicted octanol–water partition coefficient (Wildman–Crippen LogP) is 1.19. The van der Waals surface area contributed by atoms with Gasteiger partial charge in [-0.2, -0.15) is 0 Å². The van der Waals surface area contributed by atoms with Gasteiger partial charge in [0, 0.05) is 18.6 Å². The van der Waals surface area contributed by atoms with Gasteiger partial charge in [0.2, 0.25) is 0 Å². The standard InChI is InChI=1S/C15H26N2O2/c1-15(2,3)17-9-11-5-7-12(8-6-11)14(19)13(18)10-16-4/h5-8,13-14,16-19H,9-10H2,1-4H3. The zero-order chi connectivity index (χ0) is 14.5. The summed E-state index contributed by atoms with van der Waals surface area (Å²) in [4.78, 5) is 0. The summed E-state index contributed by atoms with van der Waals surface area (Å²) in [5.74, 6) is 0. The van der Waals surface area contributed by atoms with Gasteiger partial charge in [-0.15, -0.1) is 0 Å². The van der Waals surface area contributed by atoms with Crippen molar-refractivity contribution < 1.29 is 10.2 Å². The van der Waals surface area contributed by atoms with Crippen LogP contribution < -0.4 is 10.6 Å². The third-order valence-corrected chi connectivity index (χ3v) is 2.92. The second-order valence-corrected chi connectivity index (χ2v) is 5.91. The second-order valence-electron chi connectivity index (χ2n) is 5.91. The topological polar surface area (TPSA) is 64.5 Å². The van der Waals surface area contributed by atoms with E-state index < -0.39 is 12.2 Å². The van der Waals surface area contributed by atoms with E-state index in [2.05, 4.69) is 31.4 Å². The lowest BCUT2D eigenvalue weighted by Crippen LogP contribution is -2.35. The smallest absolute Gasteiger partial charge is 0.106 e. The molecular weight excluding hydrogens is 240 g/mol. The van der Waals surface area contributed by atoms with Gasteiger partial charge in [0.05, 0.1) is 6.10 Å². The molecule has 0 fully saturated rings. The average Bonchev–Trinajstić information content (AvgIpc) is 2.35. The Balaban J connectivity index is 2.60. The molecule has 0 amide bonds. The van der Waals surface area contributed by atoms with Crippen molar-refractivity contribution in [1.82, 2.24) is 10.6 Å². The molecule has 4 nitrogen and oxygen atoms in total. The van der Waals surface area contributed by atoms with Crippen LogP contribution in [-0.2, 0) is 6.54 Å². The fraction of sp³-hybridized carbons (Fsp3) is 0.600. The molecule has 1 rings (SSSR count). The number of aliphatic hydroxyl groups is 2. The summed E-state index contributed by atoms with van der Waals surface area (Å²) in [6, 6.07) is 7.68. The van der Waals surface area contributed by atoms with Gasteiger partial charge in [-0.1, -0.05) is 24.3 Å². The van der Waals surface area contributed by atoms with Crippen LogP contribution in [-0.4, -0.2) is 35.4 Å². The molecule has 0 saturated heterocycles. The molecule has 2 unspecified atom stereocenters. The van der Waals surface area contributed by atoms with Crippen LogP contribution in [0.25, 0.3) is 0 Å². The van der Waals surface area contributed by atoms with Crippen molar-refractivity contribution in [2.24, 2.45) is 0 Å². The molecule has 19 heavy (non-hydrogen) atoms. The molecule has 4 N–H and O–H groups in total. The van der Waals surface area contributed by atoms with E-state index in [-0.39, 0.29) is 5.54 Å². The van der Waals surface area contributed by atoms with Gasteiger partial charge in [0.25, 0.3) is 0 Å². The fourth-order valence-electron chi connectivity index (χ4n) is 1.74. The van der Waals surface area contributed by atoms with Crippen LogP contribution in [0.2, 0.25) is 0 Å². The molecular formula is C15H26N2O2. The molecule has 0 saturated carbocycles. The van der Waals surface area contributed by atoms with Crippen molar-refractivity contribution in [1.29, 1.82) is 0 Å². The first-order valence-electron chi connectivity index (χ1n) is 6.68. The lowest BCUT2D eigenvalue weighted by atomic mass is 10.0. The number of benzene rings is 1. The number of rotatable bonds is 6. The Hall–Kier alpha value is -0.940. The molecule has 0 aliphatic rings. The van der Waals surface area contributed by atoms with Crippen LogP contribution in [0.1, 0.15) is 38.0 Å². The van der Waals surface area contributed by atoms with E-state index in [1.54, 1.807) is 7.05 Å². The van der Waals surface area contributed by atoms with Crippen LogP contribution in [0.4, 0.5) is 0 Å². The lowest BCUT2D eigenvalue weighted by Gasteiger charge is -2.21. The number of likely N-dealkylation sites (N-methyl/N-ethyl adjacent to an activating group) is 1. The van der Waals surface area contributed by atoms with Crippen LogP contribution in [0, 0.1) is 0 Å². The van der Waals surface area contributed by atoms with Crippen LogP contribution in [0.5, 0.6) is 0 Å². The molecule has 2 atom stereocenters. The molecule has 0 bridgehead atoms. The number of hydrogen-bond acceptors (Lipinski definition) is 4. The molecule has 0 aliphatic heterocycles. The van der Waals surface area contributed by atoms with Gasteiger partial charge in [-0.05, 0) is 38.9 Å². The second kappa shape index (κ2) is 7.01. The zero-order valence-corrected chi connectivity index (χ0v) is 12.3. The molecule has 4 heteroatoms. The fourth-order valence-corrected chi connectivity index (χ4v) is 1.74. The average molecular weight is 266 g/mol. The summed E-state index contributed by atoms with van der Waals surface area (Å²) >= 11 is 0. The van der Waals surface area contributed by atoms with Crippen LogP contribution >= 0.6 is 0 Å². The van der Waals surface area contributed by atoms with E-state index >= 15 is 0 Å². The quantitative estimate of drug-likeness (QED) is 0.624. The maximum atomic E-state index is 9.96. The molecule has 0 heterocycles. The molecule has 0 aromatic heterocycles. The van der Waals surface area contributed by atoms with E-state index in [1.165, 1.54) is 0 Å². The van der Waals surface area contributed by atoms with Crippen LogP contribution in [0.3, 0.4) is 0 Å². The van der Waals surface area contributed by atoms with Gasteiger partial charge in [0.15, 0.2) is 0 Å². The first-order valence-corrected chi connectivity index (χ1v) is 6.68. The van der Waals surface area contributed by atoms with E-state index in [4.69, 9.17) is 0 Å². The highest BCUT2D eigenvalue weighted by Crippen LogP contribution is 2.17. The van der Waals surface area contributed by atoms with E-state index in [1.807, 2.05) is 24.3 Å². The lowest BCUT2D eigenvalue weighted by molar-refractivity contribution is 0.0202. The summed E-state index contributed by atoms with van der Waals surface area (Å²) in [6.07, 6.45) is -1.64. The highest BCUT2D eigenvalue weighted by atomic mass is 16.3. The molecule has 108 valence electrons. The van der Waals surface area contributed by atoms with Gasteiger partial charge in [-0.3, -0.25) is 0 Å². The summed E-state index contributed by atoms with van der Waals surface area (Å²) < 4.78 is 0. The predicted molar refractivity (Wildman–Crippen MR) is 77.9 cm³/mol. The molecule has 0 aliphatic carbocycles. The SMILES string of the molecule is CNCC(O)C(O)c1ccc(CNC(C)(C)C)cc1. The highest BCUT2D eigenvalue weighted by Gasteiger charge is 2.17. The normalized spacial score (nSPS) is 15.3. The van der Waals surface area contributed by atoms with Gasteiger partial charge in [-0.25, -0.2) is 0 Å². The van der Waals surface area contributed by atoms with Crippen molar-refractivity contribution in [3.63, 3.8) is 0 Å². The Morgan fingerprint density at radius 3 is 2.16 bits per heavy atom. The monoisotopic (exact) mass is 266 g/mol. The Kier molecular flexibility index (Phi) is 5.94. The van der Waals surface area contributed by atoms with E-state index in [9.17, 15) is 10.2 Å². The summed E-state index contributed by atoms with van der Waals surface area (Å²) in [7, 11) is 1.75. The van der Waals surface area contributed by atoms with Crippen LogP contribution in [0.15, 0.2) is 24.3 Å². The maximum Gasteiger partial charge on any atom is 0.106 e. The molecule has 1 aromatic carbocycles. The van der Waals surface area contributed by atoms with Gasteiger partial charge >= 0.3 is 0 Å². The largest absolute Gasteiger partial charge is 0.389 e. The Morgan fingerprint density at radius 1 is 1.11 bits per heavy atom. The number of aliphatic hydroxyl groups excluding tert-OH is 2. The van der Waals surface area contributed by atoms with Gasteiger partial charge < -0.3 is 20.8 Å². The molecule has 1 aromatic rings. The minimum atomic E-state index is -0.850. The van der Waals surface area contributed by atoms with Crippen molar-refractivity contribution in [2.75, 3.05) is 13.6 Å². The first kappa shape index (κ1) is 16.1. The first-order chi connectivity index (χ1) is 8.83. The Morgan fingerprint density at radius 2 is 1.68 bits per heavy atom. The summed E-state index contributed by atoms with van der Waals surface area (Å²) in [5, 5.41) is 25.9. The minimum Gasteiger partial charge on any atom is -0.389 e. The minimum absolute atomic E-state index is 0.0845. The van der Waals surface area contributed by atoms with Crippen molar-refractivity contribution in [3.05, 3.63) is 35.4 Å². The third kappa shape index (κ3) is 5.70. The summed E-state index contributed by atoms with van der Waals surface area (Å²) in [6.45, 7) is 7.53. The maximum absolute atomic E-state index is 9.96. The Bertz CT molecular complexity index is 371. The third-order valence-electron chi connectivity index (χ3n) is 2.92. The number of hydrogen-bond donors (Lipinski definition) is 4. The Labute approximate surface area is 115 Å². The highest BCUT2D eigenvalue weighted by molar-refractivity contribution is 5.25. The molecule has 0 spiro atoms.